The van der Waals surface area contributed by atoms with Gasteiger partial charge in [0.1, 0.15) is 0 Å². The van der Waals surface area contributed by atoms with Crippen molar-refractivity contribution in [2.75, 3.05) is 12.7 Å². The van der Waals surface area contributed by atoms with Gasteiger partial charge in [0.05, 0.1) is 18.0 Å². The van der Waals surface area contributed by atoms with E-state index in [1.165, 1.54) is 6.92 Å². The summed E-state index contributed by atoms with van der Waals surface area (Å²) in [5, 5.41) is 11.2. The molecule has 0 aliphatic rings. The average Bonchev–Trinajstić information content (AvgIpc) is 2.43. The molecule has 126 valence electrons. The number of hydrogen-bond donors (Lipinski definition) is 4. The summed E-state index contributed by atoms with van der Waals surface area (Å²) in [6.07, 6.45) is -0.394. The monoisotopic (exact) mass is 371 g/mol. The SMILES string of the molecule is C[C@@H](CNC(=O)[C@H](Cc1ccccc1)CP(=O)(O)O)C(=O)O.[Ca+2].[H-].[H-]. The van der Waals surface area contributed by atoms with Gasteiger partial charge in [-0.15, -0.1) is 0 Å². The molecule has 0 heterocycles. The number of carboxylic acid groups (broad SMARTS) is 1. The normalized spacial score (nSPS) is 13.5. The molecule has 0 aliphatic heterocycles. The number of carboxylic acids is 1. The van der Waals surface area contributed by atoms with E-state index >= 15 is 0 Å². The quantitative estimate of drug-likeness (QED) is 0.394. The first-order chi connectivity index (χ1) is 10.2. The van der Waals surface area contributed by atoms with Crippen LogP contribution < -0.4 is 5.32 Å². The molecule has 0 fully saturated rings. The molecule has 2 atom stereocenters. The second-order valence-corrected chi connectivity index (χ2v) is 6.91. The Bertz CT molecular complexity index is 572. The summed E-state index contributed by atoms with van der Waals surface area (Å²) in [4.78, 5) is 41.1. The van der Waals surface area contributed by atoms with Crippen molar-refractivity contribution in [3.63, 3.8) is 0 Å². The van der Waals surface area contributed by atoms with Crippen molar-refractivity contribution < 1.29 is 31.9 Å². The number of aliphatic carboxylic acids is 1. The molecular formula is C14H22CaNO6P. The molecule has 0 aromatic heterocycles. The summed E-state index contributed by atoms with van der Waals surface area (Å²) in [5.74, 6) is -3.28. The Balaban J connectivity index is -0.00000161. The third-order valence-corrected chi connectivity index (χ3v) is 4.07. The predicted molar refractivity (Wildman–Crippen MR) is 88.3 cm³/mol. The molecule has 7 nitrogen and oxygen atoms in total. The van der Waals surface area contributed by atoms with Gasteiger partial charge in [0, 0.05) is 6.54 Å². The van der Waals surface area contributed by atoms with Crippen molar-refractivity contribution in [3.8, 4) is 0 Å². The minimum Gasteiger partial charge on any atom is -1.00 e. The zero-order chi connectivity index (χ0) is 16.8. The number of rotatable bonds is 8. The zero-order valence-corrected chi connectivity index (χ0v) is 16.0. The van der Waals surface area contributed by atoms with E-state index in [1.807, 2.05) is 0 Å². The molecule has 23 heavy (non-hydrogen) atoms. The van der Waals surface area contributed by atoms with Gasteiger partial charge in [-0.1, -0.05) is 37.3 Å². The van der Waals surface area contributed by atoms with Crippen molar-refractivity contribution in [2.24, 2.45) is 11.8 Å². The van der Waals surface area contributed by atoms with E-state index in [-0.39, 0.29) is 53.6 Å². The summed E-state index contributed by atoms with van der Waals surface area (Å²) >= 11 is 0. The topological polar surface area (TPSA) is 124 Å². The first-order valence-electron chi connectivity index (χ1n) is 6.78. The van der Waals surface area contributed by atoms with Crippen molar-refractivity contribution in [3.05, 3.63) is 35.9 Å². The van der Waals surface area contributed by atoms with Crippen LogP contribution in [0, 0.1) is 11.8 Å². The summed E-state index contributed by atoms with van der Waals surface area (Å²) < 4.78 is 11.2. The number of nitrogens with one attached hydrogen (secondary N) is 1. The van der Waals surface area contributed by atoms with Crippen LogP contribution in [-0.4, -0.2) is 77.2 Å². The van der Waals surface area contributed by atoms with Crippen LogP contribution in [0.1, 0.15) is 15.3 Å². The van der Waals surface area contributed by atoms with E-state index in [2.05, 4.69) is 5.32 Å². The van der Waals surface area contributed by atoms with Gasteiger partial charge in [-0.3, -0.25) is 14.2 Å². The number of carbonyl (C=O) groups is 2. The molecule has 0 saturated heterocycles. The van der Waals surface area contributed by atoms with Gasteiger partial charge in [0.15, 0.2) is 0 Å². The van der Waals surface area contributed by atoms with Crippen LogP contribution in [0.4, 0.5) is 0 Å². The van der Waals surface area contributed by atoms with Crippen molar-refractivity contribution in [1.29, 1.82) is 0 Å². The molecule has 0 aliphatic carbocycles. The molecule has 0 bridgehead atoms. The Labute approximate surface area is 167 Å². The third-order valence-electron chi connectivity index (χ3n) is 3.16. The predicted octanol–water partition coefficient (Wildman–Crippen LogP) is 0.704. The molecule has 1 rings (SSSR count). The van der Waals surface area contributed by atoms with E-state index in [9.17, 15) is 14.2 Å². The van der Waals surface area contributed by atoms with Gasteiger partial charge in [0.2, 0.25) is 5.91 Å². The Morgan fingerprint density at radius 2 is 1.83 bits per heavy atom. The molecule has 9 heteroatoms. The van der Waals surface area contributed by atoms with Crippen LogP contribution in [0.2, 0.25) is 0 Å². The number of hydrogen-bond acceptors (Lipinski definition) is 3. The maximum atomic E-state index is 12.1. The van der Waals surface area contributed by atoms with Crippen molar-refractivity contribution >= 4 is 57.2 Å². The van der Waals surface area contributed by atoms with Crippen LogP contribution in [0.25, 0.3) is 0 Å². The van der Waals surface area contributed by atoms with Crippen LogP contribution in [0.15, 0.2) is 30.3 Å². The van der Waals surface area contributed by atoms with E-state index < -0.39 is 37.5 Å². The van der Waals surface area contributed by atoms with Crippen LogP contribution in [-0.2, 0) is 20.6 Å². The fraction of sp³-hybridized carbons (Fsp3) is 0.429. The fourth-order valence-corrected chi connectivity index (χ4v) is 2.78. The first kappa shape index (κ1) is 22.6. The second kappa shape index (κ2) is 10.4. The van der Waals surface area contributed by atoms with Gasteiger partial charge >= 0.3 is 51.3 Å². The van der Waals surface area contributed by atoms with E-state index in [1.54, 1.807) is 30.3 Å². The molecule has 0 spiro atoms. The molecule has 4 N–H and O–H groups in total. The maximum absolute atomic E-state index is 12.1. The van der Waals surface area contributed by atoms with E-state index in [0.29, 0.717) is 0 Å². The number of benzene rings is 1. The smallest absolute Gasteiger partial charge is 1.00 e. The van der Waals surface area contributed by atoms with Crippen molar-refractivity contribution in [2.45, 2.75) is 13.3 Å². The molecule has 1 aromatic carbocycles. The van der Waals surface area contributed by atoms with Crippen molar-refractivity contribution in [1.82, 2.24) is 5.32 Å². The minimum absolute atomic E-state index is 0. The second-order valence-electron chi connectivity index (χ2n) is 5.22. The molecule has 1 amide bonds. The van der Waals surface area contributed by atoms with Crippen LogP contribution >= 0.6 is 7.60 Å². The summed E-state index contributed by atoms with van der Waals surface area (Å²) in [5.41, 5.74) is 0.780. The fourth-order valence-electron chi connectivity index (χ4n) is 1.91. The third kappa shape index (κ3) is 9.45. The Morgan fingerprint density at radius 3 is 2.30 bits per heavy atom. The largest absolute Gasteiger partial charge is 2.00 e. The van der Waals surface area contributed by atoms with Gasteiger partial charge in [-0.05, 0) is 12.0 Å². The summed E-state index contributed by atoms with van der Waals surface area (Å²) in [6, 6.07) is 8.87. The van der Waals surface area contributed by atoms with E-state index in [0.717, 1.165) is 5.56 Å². The molecule has 0 radical (unpaired) electrons. The Morgan fingerprint density at radius 1 is 1.26 bits per heavy atom. The van der Waals surface area contributed by atoms with Crippen LogP contribution in [0.3, 0.4) is 0 Å². The zero-order valence-electron chi connectivity index (χ0n) is 14.9. The van der Waals surface area contributed by atoms with E-state index in [4.69, 9.17) is 14.9 Å². The Hall–Kier alpha value is -0.430. The number of carbonyl (C=O) groups excluding carboxylic acids is 1. The molecule has 0 unspecified atom stereocenters. The Kier molecular flexibility index (Phi) is 10.2. The van der Waals surface area contributed by atoms with Gasteiger partial charge in [-0.2, -0.15) is 0 Å². The van der Waals surface area contributed by atoms with Gasteiger partial charge < -0.3 is 23.1 Å². The standard InChI is InChI=1S/C14H20NO6P.Ca.2H/c1-10(14(17)18)8-15-13(16)12(9-22(19,20)21)7-11-5-3-2-4-6-11;;;/h2-6,10,12H,7-9H2,1H3,(H,15,16)(H,17,18)(H2,19,20,21);;;/q;+2;2*-1/t10-,12+;;;/m0.../s1. The summed E-state index contributed by atoms with van der Waals surface area (Å²) in [7, 11) is -4.36. The maximum Gasteiger partial charge on any atom is 2.00 e. The van der Waals surface area contributed by atoms with Gasteiger partial charge in [0.25, 0.3) is 0 Å². The first-order valence-corrected chi connectivity index (χ1v) is 8.58. The van der Waals surface area contributed by atoms with Crippen LogP contribution in [0.5, 0.6) is 0 Å². The average molecular weight is 371 g/mol. The van der Waals surface area contributed by atoms with Gasteiger partial charge in [-0.25, -0.2) is 0 Å². The number of amides is 1. The molecule has 1 aromatic rings. The minimum atomic E-state index is -4.36. The summed E-state index contributed by atoms with van der Waals surface area (Å²) in [6.45, 7) is 1.36. The molecule has 0 saturated carbocycles. The molecular weight excluding hydrogens is 349 g/mol.